The van der Waals surface area contributed by atoms with Crippen LogP contribution in [0, 0.1) is 11.3 Å². The van der Waals surface area contributed by atoms with E-state index in [2.05, 4.69) is 48.5 Å². The lowest BCUT2D eigenvalue weighted by Gasteiger charge is -2.39. The zero-order valence-electron chi connectivity index (χ0n) is 19.4. The van der Waals surface area contributed by atoms with Gasteiger partial charge in [-0.05, 0) is 37.3 Å². The van der Waals surface area contributed by atoms with E-state index in [1.807, 2.05) is 24.3 Å². The average molecular weight is 576 g/mol. The Bertz CT molecular complexity index is 868. The fourth-order valence-electron chi connectivity index (χ4n) is 3.93. The highest BCUT2D eigenvalue weighted by Crippen LogP contribution is 2.34. The number of hydrogen-bond donors (Lipinski definition) is 2. The van der Waals surface area contributed by atoms with Crippen molar-refractivity contribution in [2.45, 2.75) is 53.1 Å². The second kappa shape index (κ2) is 12.7. The SMILES string of the molecule is CCNC(=NCC1CCCOC1C(C)(C)C)NCCc1nc(-c2cccc(Cl)c2)no1.I. The molecule has 1 fully saturated rings. The Kier molecular flexibility index (Phi) is 10.7. The molecule has 0 radical (unpaired) electrons. The highest BCUT2D eigenvalue weighted by molar-refractivity contribution is 14.0. The molecule has 3 rings (SSSR count). The van der Waals surface area contributed by atoms with Crippen LogP contribution in [0.5, 0.6) is 0 Å². The van der Waals surface area contributed by atoms with Gasteiger partial charge in [0, 0.05) is 49.2 Å². The zero-order chi connectivity index (χ0) is 22.3. The molecule has 2 unspecified atom stereocenters. The van der Waals surface area contributed by atoms with Gasteiger partial charge in [-0.15, -0.1) is 24.0 Å². The predicted octanol–water partition coefficient (Wildman–Crippen LogP) is 4.95. The molecule has 1 aromatic carbocycles. The molecule has 0 aliphatic carbocycles. The van der Waals surface area contributed by atoms with Gasteiger partial charge in [0.15, 0.2) is 5.96 Å². The Hall–Kier alpha value is -1.39. The molecular formula is C23H35ClIN5O2. The minimum absolute atomic E-state index is 0. The van der Waals surface area contributed by atoms with E-state index in [-0.39, 0.29) is 35.5 Å². The number of hydrogen-bond acceptors (Lipinski definition) is 5. The number of ether oxygens (including phenoxy) is 1. The summed E-state index contributed by atoms with van der Waals surface area (Å²) in [4.78, 5) is 9.30. The number of aliphatic imine (C=N–C) groups is 1. The second-order valence-corrected chi connectivity index (χ2v) is 9.41. The van der Waals surface area contributed by atoms with Crippen LogP contribution >= 0.6 is 35.6 Å². The molecule has 178 valence electrons. The molecule has 2 N–H and O–H groups in total. The van der Waals surface area contributed by atoms with Gasteiger partial charge in [0.2, 0.25) is 11.7 Å². The molecule has 1 saturated heterocycles. The fraction of sp³-hybridized carbons (Fsp3) is 0.609. The van der Waals surface area contributed by atoms with Crippen molar-refractivity contribution in [1.29, 1.82) is 0 Å². The summed E-state index contributed by atoms with van der Waals surface area (Å²) in [5.74, 6) is 2.35. The van der Waals surface area contributed by atoms with Crippen molar-refractivity contribution in [3.8, 4) is 11.4 Å². The van der Waals surface area contributed by atoms with Gasteiger partial charge in [-0.25, -0.2) is 0 Å². The Morgan fingerprint density at radius 3 is 2.81 bits per heavy atom. The summed E-state index contributed by atoms with van der Waals surface area (Å²) in [6.07, 6.45) is 3.09. The van der Waals surface area contributed by atoms with Crippen LogP contribution in [0.1, 0.15) is 46.4 Å². The molecule has 2 heterocycles. The van der Waals surface area contributed by atoms with Crippen LogP contribution in [0.15, 0.2) is 33.8 Å². The van der Waals surface area contributed by atoms with Gasteiger partial charge in [-0.1, -0.05) is 49.7 Å². The Morgan fingerprint density at radius 2 is 2.09 bits per heavy atom. The Balaban J connectivity index is 0.00000363. The lowest BCUT2D eigenvalue weighted by atomic mass is 9.78. The molecule has 2 aromatic rings. The number of halogens is 2. The molecule has 2 atom stereocenters. The van der Waals surface area contributed by atoms with Gasteiger partial charge in [0.25, 0.3) is 0 Å². The normalized spacial score (nSPS) is 19.3. The summed E-state index contributed by atoms with van der Waals surface area (Å²) in [5, 5.41) is 11.4. The first-order valence-electron chi connectivity index (χ1n) is 11.1. The highest BCUT2D eigenvalue weighted by atomic mass is 127. The van der Waals surface area contributed by atoms with Crippen LogP contribution in [-0.4, -0.2) is 48.4 Å². The number of guanidine groups is 1. The van der Waals surface area contributed by atoms with E-state index in [4.69, 9.17) is 25.9 Å². The number of aromatic nitrogens is 2. The largest absolute Gasteiger partial charge is 0.377 e. The Labute approximate surface area is 213 Å². The monoisotopic (exact) mass is 575 g/mol. The van der Waals surface area contributed by atoms with Gasteiger partial charge >= 0.3 is 0 Å². The predicted molar refractivity (Wildman–Crippen MR) is 140 cm³/mol. The second-order valence-electron chi connectivity index (χ2n) is 8.98. The molecule has 1 aromatic heterocycles. The minimum atomic E-state index is 0. The maximum atomic E-state index is 6.09. The number of nitrogens with zero attached hydrogens (tertiary/aromatic N) is 3. The molecule has 0 bridgehead atoms. The van der Waals surface area contributed by atoms with E-state index < -0.39 is 0 Å². The maximum Gasteiger partial charge on any atom is 0.228 e. The van der Waals surface area contributed by atoms with Gasteiger partial charge in [-0.2, -0.15) is 4.98 Å². The maximum absolute atomic E-state index is 6.09. The molecule has 0 amide bonds. The van der Waals surface area contributed by atoms with E-state index in [9.17, 15) is 0 Å². The third-order valence-corrected chi connectivity index (χ3v) is 5.54. The quantitative estimate of drug-likeness (QED) is 0.276. The van der Waals surface area contributed by atoms with E-state index in [1.54, 1.807) is 0 Å². The fourth-order valence-corrected chi connectivity index (χ4v) is 4.12. The van der Waals surface area contributed by atoms with E-state index in [0.717, 1.165) is 44.1 Å². The smallest absolute Gasteiger partial charge is 0.228 e. The lowest BCUT2D eigenvalue weighted by Crippen LogP contribution is -2.43. The summed E-state index contributed by atoms with van der Waals surface area (Å²) in [6, 6.07) is 7.43. The van der Waals surface area contributed by atoms with Crippen LogP contribution in [0.2, 0.25) is 5.02 Å². The first kappa shape index (κ1) is 26.9. The van der Waals surface area contributed by atoms with Crippen molar-refractivity contribution >= 4 is 41.5 Å². The molecule has 1 aliphatic rings. The summed E-state index contributed by atoms with van der Waals surface area (Å²) in [7, 11) is 0. The summed E-state index contributed by atoms with van der Waals surface area (Å²) < 4.78 is 11.5. The van der Waals surface area contributed by atoms with E-state index in [1.165, 1.54) is 0 Å². The third-order valence-electron chi connectivity index (χ3n) is 5.31. The van der Waals surface area contributed by atoms with Crippen LogP contribution in [0.4, 0.5) is 0 Å². The molecule has 0 saturated carbocycles. The highest BCUT2D eigenvalue weighted by Gasteiger charge is 2.35. The van der Waals surface area contributed by atoms with Crippen LogP contribution in [-0.2, 0) is 11.2 Å². The molecule has 9 heteroatoms. The minimum Gasteiger partial charge on any atom is -0.377 e. The van der Waals surface area contributed by atoms with Crippen molar-refractivity contribution in [3.63, 3.8) is 0 Å². The van der Waals surface area contributed by atoms with Gasteiger partial charge in [-0.3, -0.25) is 4.99 Å². The van der Waals surface area contributed by atoms with Crippen LogP contribution in [0.25, 0.3) is 11.4 Å². The average Bonchev–Trinajstić information content (AvgIpc) is 3.20. The summed E-state index contributed by atoms with van der Waals surface area (Å²) in [6.45, 7) is 11.8. The third kappa shape index (κ3) is 7.88. The molecular weight excluding hydrogens is 541 g/mol. The number of benzene rings is 1. The summed E-state index contributed by atoms with van der Waals surface area (Å²) >= 11 is 6.05. The molecule has 32 heavy (non-hydrogen) atoms. The number of rotatable bonds is 7. The van der Waals surface area contributed by atoms with Crippen LogP contribution in [0.3, 0.4) is 0 Å². The summed E-state index contributed by atoms with van der Waals surface area (Å²) in [5.41, 5.74) is 0.957. The van der Waals surface area contributed by atoms with Crippen LogP contribution < -0.4 is 10.6 Å². The molecule has 0 spiro atoms. The Morgan fingerprint density at radius 1 is 1.28 bits per heavy atom. The van der Waals surface area contributed by atoms with Crippen molar-refractivity contribution in [2.75, 3.05) is 26.2 Å². The molecule has 1 aliphatic heterocycles. The van der Waals surface area contributed by atoms with Crippen molar-refractivity contribution in [1.82, 2.24) is 20.8 Å². The van der Waals surface area contributed by atoms with Crippen molar-refractivity contribution in [3.05, 3.63) is 35.2 Å². The zero-order valence-corrected chi connectivity index (χ0v) is 22.4. The standard InChI is InChI=1S/C23H34ClN5O2.HI/c1-5-25-22(27-15-17-9-7-13-30-20(17)23(2,3)4)26-12-11-19-28-21(29-31-19)16-8-6-10-18(24)14-16;/h6,8,10,14,17,20H,5,7,9,11-13,15H2,1-4H3,(H2,25,26,27);1H. The first-order valence-corrected chi connectivity index (χ1v) is 11.5. The van der Waals surface area contributed by atoms with Crippen molar-refractivity contribution < 1.29 is 9.26 Å². The van der Waals surface area contributed by atoms with E-state index in [0.29, 0.717) is 35.6 Å². The van der Waals surface area contributed by atoms with Crippen molar-refractivity contribution in [2.24, 2.45) is 16.3 Å². The van der Waals surface area contributed by atoms with Gasteiger partial charge in [0.05, 0.1) is 6.10 Å². The van der Waals surface area contributed by atoms with E-state index >= 15 is 0 Å². The number of nitrogens with one attached hydrogen (secondary N) is 2. The topological polar surface area (TPSA) is 84.6 Å². The lowest BCUT2D eigenvalue weighted by molar-refractivity contribution is -0.0823. The van der Waals surface area contributed by atoms with Gasteiger partial charge in [0.1, 0.15) is 0 Å². The first-order chi connectivity index (χ1) is 14.9. The molecule has 7 nitrogen and oxygen atoms in total. The van der Waals surface area contributed by atoms with Gasteiger partial charge < -0.3 is 19.9 Å².